The number of imide groups is 1. The second-order valence-corrected chi connectivity index (χ2v) is 8.27. The van der Waals surface area contributed by atoms with Crippen molar-refractivity contribution in [3.63, 3.8) is 0 Å². The van der Waals surface area contributed by atoms with Crippen LogP contribution in [0.5, 0.6) is 5.75 Å². The van der Waals surface area contributed by atoms with Crippen LogP contribution < -0.4 is 10.1 Å². The molecule has 1 atom stereocenters. The average Bonchev–Trinajstić information content (AvgIpc) is 3.11. The number of hydrogen-bond acceptors (Lipinski definition) is 6. The minimum atomic E-state index is -0.814. The summed E-state index contributed by atoms with van der Waals surface area (Å²) >= 11 is 0. The molecule has 0 spiro atoms. The van der Waals surface area contributed by atoms with Crippen LogP contribution in [-0.2, 0) is 22.6 Å². The lowest BCUT2D eigenvalue weighted by Gasteiger charge is -2.35. The molecule has 2 aromatic rings. The molecule has 2 aliphatic heterocycles. The largest absolute Gasteiger partial charge is 0.497 e. The Morgan fingerprint density at radius 3 is 2.52 bits per heavy atom. The smallest absolute Gasteiger partial charge is 0.325 e. The summed E-state index contributed by atoms with van der Waals surface area (Å²) in [6, 6.07) is 11.8. The molecule has 3 heterocycles. The molecule has 4 amide bonds. The molecule has 2 aliphatic rings. The fourth-order valence-corrected chi connectivity index (χ4v) is 4.12. The summed E-state index contributed by atoms with van der Waals surface area (Å²) in [4.78, 5) is 47.5. The number of hydrogen-bond donors (Lipinski definition) is 1. The number of aromatic nitrogens is 1. The van der Waals surface area contributed by atoms with Crippen molar-refractivity contribution < 1.29 is 19.1 Å². The Balaban J connectivity index is 1.24. The number of nitrogens with zero attached hydrogens (tertiary/aromatic N) is 4. The first-order valence-corrected chi connectivity index (χ1v) is 11.2. The number of urea groups is 1. The summed E-state index contributed by atoms with van der Waals surface area (Å²) in [7, 11) is 1.58. The zero-order valence-electron chi connectivity index (χ0n) is 18.8. The van der Waals surface area contributed by atoms with E-state index < -0.39 is 12.1 Å². The van der Waals surface area contributed by atoms with Crippen LogP contribution in [0.15, 0.2) is 48.7 Å². The number of carbonyl (C=O) groups is 3. The second-order valence-electron chi connectivity index (χ2n) is 8.27. The van der Waals surface area contributed by atoms with Crippen molar-refractivity contribution in [1.82, 2.24) is 25.0 Å². The number of amides is 4. The van der Waals surface area contributed by atoms with E-state index in [4.69, 9.17) is 4.74 Å². The van der Waals surface area contributed by atoms with Crippen LogP contribution in [0.25, 0.3) is 0 Å². The van der Waals surface area contributed by atoms with Crippen molar-refractivity contribution in [3.8, 4) is 5.75 Å². The molecule has 1 N–H and O–H groups in total. The fourth-order valence-electron chi connectivity index (χ4n) is 4.12. The molecule has 0 radical (unpaired) electrons. The Bertz CT molecular complexity index is 974. The van der Waals surface area contributed by atoms with Gasteiger partial charge in [0.2, 0.25) is 5.91 Å². The highest BCUT2D eigenvalue weighted by molar-refractivity contribution is 6.05. The molecule has 2 saturated heterocycles. The molecular weight excluding hydrogens is 422 g/mol. The van der Waals surface area contributed by atoms with Gasteiger partial charge in [-0.25, -0.2) is 4.79 Å². The zero-order valence-corrected chi connectivity index (χ0v) is 18.8. The van der Waals surface area contributed by atoms with Crippen LogP contribution in [0.1, 0.15) is 17.7 Å². The number of nitrogens with one attached hydrogen (secondary N) is 1. The van der Waals surface area contributed by atoms with Crippen LogP contribution in [-0.4, -0.2) is 83.4 Å². The van der Waals surface area contributed by atoms with Crippen LogP contribution in [0.4, 0.5) is 4.79 Å². The van der Waals surface area contributed by atoms with Crippen molar-refractivity contribution in [2.24, 2.45) is 0 Å². The average molecular weight is 452 g/mol. The maximum absolute atomic E-state index is 12.8. The van der Waals surface area contributed by atoms with Crippen molar-refractivity contribution >= 4 is 17.8 Å². The Labute approximate surface area is 193 Å². The molecule has 9 heteroatoms. The van der Waals surface area contributed by atoms with E-state index in [1.807, 2.05) is 30.3 Å². The van der Waals surface area contributed by atoms with Crippen molar-refractivity contribution in [2.45, 2.75) is 25.4 Å². The van der Waals surface area contributed by atoms with Gasteiger partial charge in [-0.15, -0.1) is 0 Å². The van der Waals surface area contributed by atoms with Gasteiger partial charge in [-0.2, -0.15) is 0 Å². The Hall–Kier alpha value is -3.46. The normalized spacial score (nSPS) is 19.0. The third kappa shape index (κ3) is 5.67. The van der Waals surface area contributed by atoms with Gasteiger partial charge in [-0.3, -0.25) is 24.4 Å². The highest BCUT2D eigenvalue weighted by Gasteiger charge is 2.39. The first-order chi connectivity index (χ1) is 16.0. The molecule has 0 bridgehead atoms. The van der Waals surface area contributed by atoms with Gasteiger partial charge in [0.15, 0.2) is 0 Å². The molecule has 0 unspecified atom stereocenters. The fraction of sp³-hybridized carbons (Fsp3) is 0.417. The summed E-state index contributed by atoms with van der Waals surface area (Å²) in [5.41, 5.74) is 1.87. The Morgan fingerprint density at radius 1 is 1.09 bits per heavy atom. The summed E-state index contributed by atoms with van der Waals surface area (Å²) in [5, 5.41) is 2.66. The molecule has 174 valence electrons. The van der Waals surface area contributed by atoms with E-state index in [-0.39, 0.29) is 24.8 Å². The minimum absolute atomic E-state index is 0.0162. The number of ether oxygens (including phenoxy) is 1. The van der Waals surface area contributed by atoms with Gasteiger partial charge in [0.1, 0.15) is 11.8 Å². The number of pyridine rings is 1. The summed E-state index contributed by atoms with van der Waals surface area (Å²) in [5.74, 6) is 0.235. The zero-order chi connectivity index (χ0) is 23.2. The van der Waals surface area contributed by atoms with Crippen LogP contribution in [0.3, 0.4) is 0 Å². The highest BCUT2D eigenvalue weighted by Crippen LogP contribution is 2.18. The van der Waals surface area contributed by atoms with Gasteiger partial charge < -0.3 is 15.0 Å². The maximum atomic E-state index is 12.8. The van der Waals surface area contributed by atoms with Gasteiger partial charge >= 0.3 is 6.03 Å². The predicted molar refractivity (Wildman–Crippen MR) is 121 cm³/mol. The van der Waals surface area contributed by atoms with E-state index in [2.05, 4.69) is 15.2 Å². The second kappa shape index (κ2) is 10.4. The van der Waals surface area contributed by atoms with E-state index in [0.29, 0.717) is 18.8 Å². The molecule has 4 rings (SSSR count). The molecule has 9 nitrogen and oxygen atoms in total. The lowest BCUT2D eigenvalue weighted by Crippen LogP contribution is -2.50. The first-order valence-electron chi connectivity index (χ1n) is 11.2. The van der Waals surface area contributed by atoms with Crippen LogP contribution in [0.2, 0.25) is 0 Å². The number of methoxy groups -OCH3 is 1. The third-order valence-electron chi connectivity index (χ3n) is 6.12. The first kappa shape index (κ1) is 22.7. The maximum Gasteiger partial charge on any atom is 0.325 e. The van der Waals surface area contributed by atoms with E-state index in [0.717, 1.165) is 42.2 Å². The lowest BCUT2D eigenvalue weighted by atomic mass is 10.1. The summed E-state index contributed by atoms with van der Waals surface area (Å²) in [6.45, 7) is 3.86. The molecule has 1 aromatic carbocycles. The molecule has 0 saturated carbocycles. The standard InChI is InChI=1S/C24H29N5O4/c1-33-20-7-5-18(6-8-20)17-29-23(31)21(26-24(29)32)16-22(30)28-14-12-27(13-15-28)11-9-19-4-2-3-10-25-19/h2-8,10,21H,9,11-17H2,1H3,(H,26,32)/t21-/m1/s1. The lowest BCUT2D eigenvalue weighted by molar-refractivity contribution is -0.137. The SMILES string of the molecule is COc1ccc(CN2C(=O)N[C@H](CC(=O)N3CCN(CCc4ccccn4)CC3)C2=O)cc1. The van der Waals surface area contributed by atoms with Gasteiger partial charge in [0, 0.05) is 51.0 Å². The van der Waals surface area contributed by atoms with E-state index in [1.54, 1.807) is 30.3 Å². The van der Waals surface area contributed by atoms with Crippen LogP contribution >= 0.6 is 0 Å². The number of rotatable bonds is 8. The number of carbonyl (C=O) groups excluding carboxylic acids is 3. The monoisotopic (exact) mass is 451 g/mol. The topological polar surface area (TPSA) is 95.1 Å². The van der Waals surface area contributed by atoms with Crippen molar-refractivity contribution in [1.29, 1.82) is 0 Å². The molecule has 33 heavy (non-hydrogen) atoms. The number of benzene rings is 1. The molecular formula is C24H29N5O4. The van der Waals surface area contributed by atoms with Gasteiger partial charge in [0.05, 0.1) is 20.1 Å². The van der Waals surface area contributed by atoms with Crippen molar-refractivity contribution in [2.75, 3.05) is 39.8 Å². The van der Waals surface area contributed by atoms with E-state index >= 15 is 0 Å². The molecule has 0 aliphatic carbocycles. The summed E-state index contributed by atoms with van der Waals surface area (Å²) < 4.78 is 5.13. The summed E-state index contributed by atoms with van der Waals surface area (Å²) in [6.07, 6.45) is 2.66. The Morgan fingerprint density at radius 2 is 1.85 bits per heavy atom. The Kier molecular flexibility index (Phi) is 7.19. The quantitative estimate of drug-likeness (QED) is 0.608. The highest BCUT2D eigenvalue weighted by atomic mass is 16.5. The minimum Gasteiger partial charge on any atom is -0.497 e. The van der Waals surface area contributed by atoms with E-state index in [9.17, 15) is 14.4 Å². The van der Waals surface area contributed by atoms with Gasteiger partial charge in [-0.05, 0) is 29.8 Å². The van der Waals surface area contributed by atoms with Crippen molar-refractivity contribution in [3.05, 3.63) is 59.9 Å². The van der Waals surface area contributed by atoms with Crippen LogP contribution in [0, 0.1) is 0 Å². The third-order valence-corrected chi connectivity index (χ3v) is 6.12. The van der Waals surface area contributed by atoms with Gasteiger partial charge in [0.25, 0.3) is 5.91 Å². The molecule has 2 fully saturated rings. The van der Waals surface area contributed by atoms with Gasteiger partial charge in [-0.1, -0.05) is 18.2 Å². The predicted octanol–water partition coefficient (Wildman–Crippen LogP) is 1.29. The van der Waals surface area contributed by atoms with E-state index in [1.165, 1.54) is 0 Å². The molecule has 1 aromatic heterocycles. The number of piperazine rings is 1.